The zero-order valence-electron chi connectivity index (χ0n) is 7.62. The van der Waals surface area contributed by atoms with Gasteiger partial charge in [-0.1, -0.05) is 11.9 Å². The minimum Gasteiger partial charge on any atom is -0.387 e. The van der Waals surface area contributed by atoms with Crippen LogP contribution < -0.4 is 10.5 Å². The molecular formula is C9H15N3S. The van der Waals surface area contributed by atoms with Crippen molar-refractivity contribution in [1.29, 1.82) is 0 Å². The van der Waals surface area contributed by atoms with Crippen LogP contribution in [0.3, 0.4) is 0 Å². The Morgan fingerprint density at radius 1 is 1.54 bits per heavy atom. The summed E-state index contributed by atoms with van der Waals surface area (Å²) in [5.74, 6) is 0.763. The highest BCUT2D eigenvalue weighted by Crippen LogP contribution is 2.31. The molecule has 0 bridgehead atoms. The molecule has 4 heteroatoms. The zero-order valence-corrected chi connectivity index (χ0v) is 8.44. The van der Waals surface area contributed by atoms with E-state index >= 15 is 0 Å². The molecule has 0 aromatic carbocycles. The average molecular weight is 197 g/mol. The van der Waals surface area contributed by atoms with Gasteiger partial charge in [0.15, 0.2) is 0 Å². The summed E-state index contributed by atoms with van der Waals surface area (Å²) < 4.78 is 3.37. The molecule has 72 valence electrons. The molecule has 1 heterocycles. The van der Waals surface area contributed by atoms with Crippen molar-refractivity contribution in [2.24, 2.45) is 10.7 Å². The fourth-order valence-electron chi connectivity index (χ4n) is 1.16. The van der Waals surface area contributed by atoms with Gasteiger partial charge in [0.1, 0.15) is 0 Å². The molecule has 1 saturated carbocycles. The van der Waals surface area contributed by atoms with E-state index in [2.05, 4.69) is 9.71 Å². The first-order valence-corrected chi connectivity index (χ1v) is 5.61. The lowest BCUT2D eigenvalue weighted by atomic mass is 10.1. The van der Waals surface area contributed by atoms with Gasteiger partial charge in [-0.25, -0.2) is 4.99 Å². The Bertz CT molecular complexity index is 243. The molecule has 0 saturated heterocycles. The molecule has 2 aliphatic rings. The average Bonchev–Trinajstić information content (AvgIpc) is 2.92. The summed E-state index contributed by atoms with van der Waals surface area (Å²) in [6.45, 7) is 0.956. The van der Waals surface area contributed by atoms with Crippen LogP contribution in [0.2, 0.25) is 0 Å². The van der Waals surface area contributed by atoms with Gasteiger partial charge < -0.3 is 5.73 Å². The highest BCUT2D eigenvalue weighted by molar-refractivity contribution is 7.98. The van der Waals surface area contributed by atoms with Crippen molar-refractivity contribution in [3.8, 4) is 0 Å². The number of nitrogens with zero attached hydrogens (tertiary/aromatic N) is 1. The molecule has 0 aromatic rings. The van der Waals surface area contributed by atoms with Gasteiger partial charge in [-0.05, 0) is 24.8 Å². The predicted octanol–water partition coefficient (Wildman–Crippen LogP) is 1.42. The van der Waals surface area contributed by atoms with Crippen LogP contribution in [0, 0.1) is 0 Å². The smallest absolute Gasteiger partial charge is 0.0992 e. The van der Waals surface area contributed by atoms with Crippen molar-refractivity contribution in [3.05, 3.63) is 11.8 Å². The SMILES string of the molecule is NC1=NC=C(CNSC2CC2)CC1. The molecular weight excluding hydrogens is 182 g/mol. The number of nitrogens with one attached hydrogen (secondary N) is 1. The van der Waals surface area contributed by atoms with Crippen molar-refractivity contribution >= 4 is 17.8 Å². The van der Waals surface area contributed by atoms with E-state index in [-0.39, 0.29) is 0 Å². The summed E-state index contributed by atoms with van der Waals surface area (Å²) in [6.07, 6.45) is 6.64. The molecule has 3 N–H and O–H groups in total. The van der Waals surface area contributed by atoms with E-state index in [1.54, 1.807) is 0 Å². The van der Waals surface area contributed by atoms with E-state index in [9.17, 15) is 0 Å². The molecule has 0 amide bonds. The summed E-state index contributed by atoms with van der Waals surface area (Å²) in [7, 11) is 0. The summed E-state index contributed by atoms with van der Waals surface area (Å²) in [5, 5.41) is 0.873. The Morgan fingerprint density at radius 3 is 3.00 bits per heavy atom. The fraction of sp³-hybridized carbons (Fsp3) is 0.667. The van der Waals surface area contributed by atoms with E-state index in [0.717, 1.165) is 30.5 Å². The molecule has 1 aliphatic heterocycles. The van der Waals surface area contributed by atoms with Crippen LogP contribution in [0.1, 0.15) is 25.7 Å². The first-order chi connectivity index (χ1) is 6.34. The van der Waals surface area contributed by atoms with Crippen molar-refractivity contribution in [2.75, 3.05) is 6.54 Å². The van der Waals surface area contributed by atoms with Crippen LogP contribution in [0.5, 0.6) is 0 Å². The van der Waals surface area contributed by atoms with Crippen LogP contribution in [0.4, 0.5) is 0 Å². The normalized spacial score (nSPS) is 22.5. The maximum Gasteiger partial charge on any atom is 0.0992 e. The third kappa shape index (κ3) is 3.04. The van der Waals surface area contributed by atoms with Crippen molar-refractivity contribution in [3.63, 3.8) is 0 Å². The third-order valence-corrected chi connectivity index (χ3v) is 3.30. The van der Waals surface area contributed by atoms with E-state index < -0.39 is 0 Å². The van der Waals surface area contributed by atoms with Gasteiger partial charge in [0.05, 0.1) is 5.84 Å². The van der Waals surface area contributed by atoms with Gasteiger partial charge in [-0.15, -0.1) is 0 Å². The Balaban J connectivity index is 1.68. The predicted molar refractivity (Wildman–Crippen MR) is 57.6 cm³/mol. The highest BCUT2D eigenvalue weighted by atomic mass is 32.2. The van der Waals surface area contributed by atoms with Crippen LogP contribution in [-0.2, 0) is 0 Å². The van der Waals surface area contributed by atoms with E-state index in [1.807, 2.05) is 18.1 Å². The minimum atomic E-state index is 0.763. The highest BCUT2D eigenvalue weighted by Gasteiger charge is 2.21. The zero-order chi connectivity index (χ0) is 9.10. The number of hydrogen-bond acceptors (Lipinski definition) is 4. The van der Waals surface area contributed by atoms with Crippen LogP contribution in [0.15, 0.2) is 16.8 Å². The number of rotatable bonds is 4. The van der Waals surface area contributed by atoms with E-state index in [1.165, 1.54) is 18.4 Å². The lowest BCUT2D eigenvalue weighted by molar-refractivity contribution is 0.892. The molecule has 0 spiro atoms. The van der Waals surface area contributed by atoms with Crippen molar-refractivity contribution in [2.45, 2.75) is 30.9 Å². The maximum absolute atomic E-state index is 5.56. The van der Waals surface area contributed by atoms with Gasteiger partial charge in [0.25, 0.3) is 0 Å². The second-order valence-corrected chi connectivity index (χ2v) is 4.74. The second kappa shape index (κ2) is 4.15. The quantitative estimate of drug-likeness (QED) is 0.670. The molecule has 1 aliphatic carbocycles. The second-order valence-electron chi connectivity index (χ2n) is 3.55. The summed E-state index contributed by atoms with van der Waals surface area (Å²) in [5.41, 5.74) is 6.93. The first kappa shape index (κ1) is 9.09. The topological polar surface area (TPSA) is 50.4 Å². The summed E-state index contributed by atoms with van der Waals surface area (Å²) in [6, 6.07) is 0. The largest absolute Gasteiger partial charge is 0.387 e. The molecule has 0 atom stereocenters. The first-order valence-electron chi connectivity index (χ1n) is 4.73. The summed E-state index contributed by atoms with van der Waals surface area (Å²) in [4.78, 5) is 4.11. The van der Waals surface area contributed by atoms with Gasteiger partial charge in [0.2, 0.25) is 0 Å². The standard InChI is InChI=1S/C9H15N3S/c10-9-4-1-7(5-11-9)6-12-13-8-2-3-8/h5,8,12H,1-4,6H2,(H2,10,11). The summed E-state index contributed by atoms with van der Waals surface area (Å²) >= 11 is 1.87. The van der Waals surface area contributed by atoms with E-state index in [0.29, 0.717) is 0 Å². The Hall–Kier alpha value is -0.480. The molecule has 3 nitrogen and oxygen atoms in total. The van der Waals surface area contributed by atoms with Gasteiger partial charge in [-0.2, -0.15) is 0 Å². The molecule has 0 radical (unpaired) electrons. The molecule has 0 aromatic heterocycles. The number of nitrogens with two attached hydrogens (primary N) is 1. The maximum atomic E-state index is 5.56. The number of aliphatic imine (C=N–C) groups is 1. The van der Waals surface area contributed by atoms with Crippen LogP contribution in [0.25, 0.3) is 0 Å². The van der Waals surface area contributed by atoms with Gasteiger partial charge in [0, 0.05) is 24.4 Å². The molecule has 13 heavy (non-hydrogen) atoms. The minimum absolute atomic E-state index is 0.763. The lowest BCUT2D eigenvalue weighted by Crippen LogP contribution is -2.17. The van der Waals surface area contributed by atoms with Gasteiger partial charge in [-0.3, -0.25) is 4.72 Å². The number of hydrogen-bond donors (Lipinski definition) is 2. The van der Waals surface area contributed by atoms with Crippen LogP contribution >= 0.6 is 11.9 Å². The van der Waals surface area contributed by atoms with Crippen molar-refractivity contribution in [1.82, 2.24) is 4.72 Å². The van der Waals surface area contributed by atoms with Crippen molar-refractivity contribution < 1.29 is 0 Å². The van der Waals surface area contributed by atoms with E-state index in [4.69, 9.17) is 5.73 Å². The third-order valence-electron chi connectivity index (χ3n) is 2.19. The Labute approximate surface area is 83.0 Å². The molecule has 2 rings (SSSR count). The number of amidine groups is 1. The lowest BCUT2D eigenvalue weighted by Gasteiger charge is -2.11. The fourth-order valence-corrected chi connectivity index (χ4v) is 2.04. The monoisotopic (exact) mass is 197 g/mol. The Morgan fingerprint density at radius 2 is 2.38 bits per heavy atom. The Kier molecular flexibility index (Phi) is 2.90. The van der Waals surface area contributed by atoms with Crippen LogP contribution in [-0.4, -0.2) is 17.6 Å². The molecule has 0 unspecified atom stereocenters. The molecule has 1 fully saturated rings. The van der Waals surface area contributed by atoms with Gasteiger partial charge >= 0.3 is 0 Å².